The lowest BCUT2D eigenvalue weighted by Crippen LogP contribution is -2.63. The zero-order valence-electron chi connectivity index (χ0n) is 18.8. The van der Waals surface area contributed by atoms with Crippen LogP contribution in [0.1, 0.15) is 46.1 Å². The van der Waals surface area contributed by atoms with Gasteiger partial charge in [-0.15, -0.1) is 0 Å². The molecule has 2 aliphatic rings. The van der Waals surface area contributed by atoms with Crippen molar-refractivity contribution >= 4 is 17.3 Å². The van der Waals surface area contributed by atoms with Gasteiger partial charge < -0.3 is 20.3 Å². The van der Waals surface area contributed by atoms with Crippen LogP contribution in [0.2, 0.25) is 0 Å². The van der Waals surface area contributed by atoms with Crippen LogP contribution in [0.3, 0.4) is 0 Å². The van der Waals surface area contributed by atoms with Gasteiger partial charge in [0, 0.05) is 49.8 Å². The first kappa shape index (κ1) is 23.4. The number of nitrogens with zero attached hydrogens (tertiary/aromatic N) is 2. The Labute approximate surface area is 186 Å². The number of hydrogen-bond acceptors (Lipinski definition) is 4. The Morgan fingerprint density at radius 3 is 2.37 bits per heavy atom. The first-order valence-electron chi connectivity index (χ1n) is 11.0. The van der Waals surface area contributed by atoms with E-state index in [1.807, 2.05) is 12.1 Å². The highest BCUT2D eigenvalue weighted by Gasteiger charge is 2.38. The molecule has 0 aromatic heterocycles. The number of nitrogens with one attached hydrogen (secondary N) is 2. The standard InChI is InChI=1S/C23H37FN4OS/c1-22(2)15-20(16-23(3,4)26-22)25-21(30)28(10-9-27-11-13-29-14-12-27)17-18-5-7-19(24)8-6-18/h5-8,20,26H,9-17H2,1-4H3,(H,25,30). The van der Waals surface area contributed by atoms with Crippen LogP contribution in [-0.2, 0) is 11.3 Å². The summed E-state index contributed by atoms with van der Waals surface area (Å²) in [5.41, 5.74) is 1.18. The predicted octanol–water partition coefficient (Wildman–Crippen LogP) is 3.14. The van der Waals surface area contributed by atoms with E-state index in [0.717, 1.165) is 62.9 Å². The largest absolute Gasteiger partial charge is 0.379 e. The lowest BCUT2D eigenvalue weighted by Gasteiger charge is -2.47. The second-order valence-corrected chi connectivity index (χ2v) is 10.3. The summed E-state index contributed by atoms with van der Waals surface area (Å²) in [5.74, 6) is -0.210. The molecule has 1 aromatic carbocycles. The molecule has 2 saturated heterocycles. The van der Waals surface area contributed by atoms with E-state index in [9.17, 15) is 4.39 Å². The molecule has 2 fully saturated rings. The van der Waals surface area contributed by atoms with E-state index < -0.39 is 0 Å². The van der Waals surface area contributed by atoms with Crippen molar-refractivity contribution in [1.29, 1.82) is 0 Å². The number of rotatable bonds is 6. The van der Waals surface area contributed by atoms with Gasteiger partial charge in [0.1, 0.15) is 5.82 Å². The molecule has 2 aliphatic heterocycles. The number of halogens is 1. The van der Waals surface area contributed by atoms with E-state index in [2.05, 4.69) is 48.1 Å². The van der Waals surface area contributed by atoms with Gasteiger partial charge >= 0.3 is 0 Å². The summed E-state index contributed by atoms with van der Waals surface area (Å²) in [6.07, 6.45) is 2.04. The predicted molar refractivity (Wildman–Crippen MR) is 124 cm³/mol. The number of ether oxygens (including phenoxy) is 1. The second-order valence-electron chi connectivity index (χ2n) is 9.95. The van der Waals surface area contributed by atoms with Gasteiger partial charge in [-0.2, -0.15) is 0 Å². The number of thiocarbonyl (C=S) groups is 1. The zero-order chi connectivity index (χ0) is 21.8. The van der Waals surface area contributed by atoms with Crippen LogP contribution in [0.25, 0.3) is 0 Å². The minimum absolute atomic E-state index is 0.0601. The SMILES string of the molecule is CC1(C)CC(NC(=S)N(CCN2CCOCC2)Cc2ccc(F)cc2)CC(C)(C)N1. The third-order valence-corrected chi connectivity index (χ3v) is 6.26. The molecule has 0 spiro atoms. The molecule has 0 radical (unpaired) electrons. The van der Waals surface area contributed by atoms with E-state index >= 15 is 0 Å². The Hall–Kier alpha value is -1.28. The van der Waals surface area contributed by atoms with Gasteiger partial charge in [-0.25, -0.2) is 4.39 Å². The molecule has 2 N–H and O–H groups in total. The van der Waals surface area contributed by atoms with Crippen molar-refractivity contribution in [2.45, 2.75) is 64.2 Å². The maximum Gasteiger partial charge on any atom is 0.169 e. The third-order valence-electron chi connectivity index (χ3n) is 5.88. The molecule has 168 valence electrons. The van der Waals surface area contributed by atoms with Crippen LogP contribution >= 0.6 is 12.2 Å². The number of benzene rings is 1. The summed E-state index contributed by atoms with van der Waals surface area (Å²) in [6.45, 7) is 15.0. The van der Waals surface area contributed by atoms with Crippen molar-refractivity contribution in [3.05, 3.63) is 35.6 Å². The number of piperidine rings is 1. The van der Waals surface area contributed by atoms with Crippen LogP contribution in [0.4, 0.5) is 4.39 Å². The van der Waals surface area contributed by atoms with Crippen molar-refractivity contribution in [1.82, 2.24) is 20.4 Å². The first-order valence-corrected chi connectivity index (χ1v) is 11.4. The smallest absolute Gasteiger partial charge is 0.169 e. The Bertz CT molecular complexity index is 688. The van der Waals surface area contributed by atoms with Gasteiger partial charge in [0.15, 0.2) is 5.11 Å². The highest BCUT2D eigenvalue weighted by molar-refractivity contribution is 7.80. The van der Waals surface area contributed by atoms with E-state index in [0.29, 0.717) is 12.6 Å². The number of hydrogen-bond donors (Lipinski definition) is 2. The molecule has 0 unspecified atom stereocenters. The van der Waals surface area contributed by atoms with Crippen molar-refractivity contribution in [2.24, 2.45) is 0 Å². The van der Waals surface area contributed by atoms with E-state index in [1.165, 1.54) is 12.1 Å². The molecule has 0 aliphatic carbocycles. The van der Waals surface area contributed by atoms with Crippen molar-refractivity contribution < 1.29 is 9.13 Å². The molecule has 3 rings (SSSR count). The fourth-order valence-corrected chi connectivity index (χ4v) is 5.16. The van der Waals surface area contributed by atoms with Crippen molar-refractivity contribution in [3.8, 4) is 0 Å². The van der Waals surface area contributed by atoms with Crippen LogP contribution in [0.15, 0.2) is 24.3 Å². The van der Waals surface area contributed by atoms with E-state index in [1.54, 1.807) is 0 Å². The van der Waals surface area contributed by atoms with Crippen molar-refractivity contribution in [2.75, 3.05) is 39.4 Å². The normalized spacial score (nSPS) is 21.9. The monoisotopic (exact) mass is 436 g/mol. The van der Waals surface area contributed by atoms with E-state index in [-0.39, 0.29) is 16.9 Å². The molecule has 30 heavy (non-hydrogen) atoms. The Morgan fingerprint density at radius 1 is 1.17 bits per heavy atom. The molecule has 5 nitrogen and oxygen atoms in total. The Balaban J connectivity index is 1.65. The molecule has 7 heteroatoms. The van der Waals surface area contributed by atoms with E-state index in [4.69, 9.17) is 17.0 Å². The van der Waals surface area contributed by atoms with Crippen LogP contribution < -0.4 is 10.6 Å². The van der Waals surface area contributed by atoms with Gasteiger partial charge in [0.2, 0.25) is 0 Å². The quantitative estimate of drug-likeness (QED) is 0.668. The molecule has 0 bridgehead atoms. The van der Waals surface area contributed by atoms with Crippen LogP contribution in [-0.4, -0.2) is 71.4 Å². The topological polar surface area (TPSA) is 39.8 Å². The van der Waals surface area contributed by atoms with Crippen LogP contribution in [0, 0.1) is 5.82 Å². The van der Waals surface area contributed by atoms with Gasteiger partial charge in [-0.1, -0.05) is 12.1 Å². The lowest BCUT2D eigenvalue weighted by atomic mass is 9.80. The van der Waals surface area contributed by atoms with Gasteiger partial charge in [0.05, 0.1) is 13.2 Å². The summed E-state index contributed by atoms with van der Waals surface area (Å²) < 4.78 is 18.8. The molecule has 0 atom stereocenters. The summed E-state index contributed by atoms with van der Waals surface area (Å²) in [6, 6.07) is 7.04. The summed E-state index contributed by atoms with van der Waals surface area (Å²) in [4.78, 5) is 4.64. The fraction of sp³-hybridized carbons (Fsp3) is 0.696. The zero-order valence-corrected chi connectivity index (χ0v) is 19.7. The minimum atomic E-state index is -0.210. The average molecular weight is 437 g/mol. The second kappa shape index (κ2) is 9.90. The average Bonchev–Trinajstić information content (AvgIpc) is 2.64. The maximum atomic E-state index is 13.4. The fourth-order valence-electron chi connectivity index (χ4n) is 4.84. The van der Waals surface area contributed by atoms with Gasteiger partial charge in [-0.3, -0.25) is 4.90 Å². The van der Waals surface area contributed by atoms with Crippen molar-refractivity contribution in [3.63, 3.8) is 0 Å². The lowest BCUT2D eigenvalue weighted by molar-refractivity contribution is 0.0356. The Morgan fingerprint density at radius 2 is 1.77 bits per heavy atom. The minimum Gasteiger partial charge on any atom is -0.379 e. The third kappa shape index (κ3) is 7.15. The molecular weight excluding hydrogens is 399 g/mol. The highest BCUT2D eigenvalue weighted by Crippen LogP contribution is 2.28. The molecule has 0 amide bonds. The number of morpholine rings is 1. The molecule has 2 heterocycles. The molecule has 0 saturated carbocycles. The summed E-state index contributed by atoms with van der Waals surface area (Å²) in [7, 11) is 0. The first-order chi connectivity index (χ1) is 14.1. The van der Waals surface area contributed by atoms with Gasteiger partial charge in [-0.05, 0) is 70.5 Å². The maximum absolute atomic E-state index is 13.4. The van der Waals surface area contributed by atoms with Crippen LogP contribution in [0.5, 0.6) is 0 Å². The Kier molecular flexibility index (Phi) is 7.71. The van der Waals surface area contributed by atoms with Gasteiger partial charge in [0.25, 0.3) is 0 Å². The highest BCUT2D eigenvalue weighted by atomic mass is 32.1. The molecular formula is C23H37FN4OS. The summed E-state index contributed by atoms with van der Waals surface area (Å²) in [5, 5.41) is 8.16. The summed E-state index contributed by atoms with van der Waals surface area (Å²) >= 11 is 5.88. The molecule has 1 aromatic rings.